The van der Waals surface area contributed by atoms with Crippen LogP contribution in [0.5, 0.6) is 5.75 Å². The Balaban J connectivity index is 1.75. The van der Waals surface area contributed by atoms with Gasteiger partial charge in [0.1, 0.15) is 5.75 Å². The van der Waals surface area contributed by atoms with Crippen LogP contribution < -0.4 is 15.4 Å². The van der Waals surface area contributed by atoms with Gasteiger partial charge in [-0.1, -0.05) is 12.1 Å². The number of thiophene rings is 1. The van der Waals surface area contributed by atoms with Crippen LogP contribution in [-0.2, 0) is 6.42 Å². The fourth-order valence-corrected chi connectivity index (χ4v) is 2.96. The number of urea groups is 1. The first-order valence-electron chi connectivity index (χ1n) is 7.46. The summed E-state index contributed by atoms with van der Waals surface area (Å²) in [6.45, 7) is 2.13. The van der Waals surface area contributed by atoms with Crippen LogP contribution in [-0.4, -0.2) is 30.8 Å². The lowest BCUT2D eigenvalue weighted by Gasteiger charge is -2.16. The van der Waals surface area contributed by atoms with Crippen LogP contribution >= 0.6 is 11.3 Å². The number of benzene rings is 1. The van der Waals surface area contributed by atoms with Crippen molar-refractivity contribution in [3.8, 4) is 5.75 Å². The summed E-state index contributed by atoms with van der Waals surface area (Å²) in [4.78, 5) is 11.9. The first-order chi connectivity index (χ1) is 11.1. The zero-order valence-electron chi connectivity index (χ0n) is 13.3. The third-order valence-corrected chi connectivity index (χ3v) is 4.14. The highest BCUT2D eigenvalue weighted by atomic mass is 32.1. The van der Waals surface area contributed by atoms with E-state index in [0.717, 1.165) is 16.9 Å². The highest BCUT2D eigenvalue weighted by Gasteiger charge is 2.12. The summed E-state index contributed by atoms with van der Waals surface area (Å²) in [6, 6.07) is 9.31. The lowest BCUT2D eigenvalue weighted by atomic mass is 10.1. The number of aliphatic hydroxyl groups excluding tert-OH is 1. The van der Waals surface area contributed by atoms with Crippen LogP contribution in [0, 0.1) is 0 Å². The second-order valence-electron chi connectivity index (χ2n) is 5.38. The molecule has 0 saturated carbocycles. The molecule has 0 aliphatic rings. The van der Waals surface area contributed by atoms with Crippen LogP contribution in [0.3, 0.4) is 0 Å². The lowest BCUT2D eigenvalue weighted by Crippen LogP contribution is -2.43. The molecule has 0 aliphatic carbocycles. The Bertz CT molecular complexity index is 616. The predicted molar refractivity (Wildman–Crippen MR) is 92.0 cm³/mol. The quantitative estimate of drug-likeness (QED) is 0.729. The molecule has 2 atom stereocenters. The second-order valence-corrected chi connectivity index (χ2v) is 6.16. The maximum atomic E-state index is 11.9. The summed E-state index contributed by atoms with van der Waals surface area (Å²) in [5.74, 6) is 0.804. The Morgan fingerprint density at radius 1 is 1.39 bits per heavy atom. The van der Waals surface area contributed by atoms with Gasteiger partial charge in [0.05, 0.1) is 13.2 Å². The fourth-order valence-electron chi connectivity index (χ4n) is 2.25. The van der Waals surface area contributed by atoms with Gasteiger partial charge in [0.25, 0.3) is 0 Å². The van der Waals surface area contributed by atoms with E-state index in [1.54, 1.807) is 7.11 Å². The molecule has 0 spiro atoms. The number of carbonyl (C=O) groups excluding carboxylic acids is 1. The highest BCUT2D eigenvalue weighted by molar-refractivity contribution is 7.07. The van der Waals surface area contributed by atoms with E-state index in [4.69, 9.17) is 4.74 Å². The number of ether oxygens (including phenoxy) is 1. The van der Waals surface area contributed by atoms with Gasteiger partial charge in [-0.15, -0.1) is 0 Å². The average Bonchev–Trinajstić information content (AvgIpc) is 3.07. The molecule has 0 saturated heterocycles. The SMILES string of the molecule is COc1cccc(CC(C)NC(=O)NCC(O)c2ccsc2)c1. The van der Waals surface area contributed by atoms with Gasteiger partial charge in [0.15, 0.2) is 0 Å². The summed E-state index contributed by atoms with van der Waals surface area (Å²) < 4.78 is 5.19. The number of carbonyl (C=O) groups is 1. The van der Waals surface area contributed by atoms with E-state index in [-0.39, 0.29) is 18.6 Å². The Morgan fingerprint density at radius 3 is 2.91 bits per heavy atom. The molecule has 3 N–H and O–H groups in total. The van der Waals surface area contributed by atoms with Crippen LogP contribution in [0.4, 0.5) is 4.79 Å². The summed E-state index contributed by atoms with van der Waals surface area (Å²) in [7, 11) is 1.63. The molecule has 1 aromatic heterocycles. The van der Waals surface area contributed by atoms with E-state index < -0.39 is 6.10 Å². The number of nitrogens with one attached hydrogen (secondary N) is 2. The minimum absolute atomic E-state index is 0.0274. The van der Waals surface area contributed by atoms with Gasteiger partial charge in [-0.2, -0.15) is 11.3 Å². The molecular weight excluding hydrogens is 312 g/mol. The molecule has 2 unspecified atom stereocenters. The number of hydrogen-bond acceptors (Lipinski definition) is 4. The molecule has 0 fully saturated rings. The van der Waals surface area contributed by atoms with Crippen LogP contribution in [0.2, 0.25) is 0 Å². The molecule has 2 rings (SSSR count). The Labute approximate surface area is 140 Å². The number of amides is 2. The van der Waals surface area contributed by atoms with Gasteiger partial charge in [0.2, 0.25) is 0 Å². The minimum atomic E-state index is -0.680. The zero-order valence-corrected chi connectivity index (χ0v) is 14.1. The first-order valence-corrected chi connectivity index (χ1v) is 8.40. The zero-order chi connectivity index (χ0) is 16.7. The van der Waals surface area contributed by atoms with Crippen molar-refractivity contribution in [1.82, 2.24) is 10.6 Å². The predicted octanol–water partition coefficient (Wildman–Crippen LogP) is 2.72. The topological polar surface area (TPSA) is 70.6 Å². The molecule has 2 aromatic rings. The van der Waals surface area contributed by atoms with Crippen LogP contribution in [0.15, 0.2) is 41.1 Å². The molecule has 124 valence electrons. The van der Waals surface area contributed by atoms with Gasteiger partial charge in [-0.3, -0.25) is 0 Å². The third kappa shape index (κ3) is 5.58. The Morgan fingerprint density at radius 2 is 2.22 bits per heavy atom. The van der Waals surface area contributed by atoms with E-state index >= 15 is 0 Å². The van der Waals surface area contributed by atoms with Gasteiger partial charge in [-0.05, 0) is 53.4 Å². The maximum Gasteiger partial charge on any atom is 0.315 e. The molecule has 1 heterocycles. The van der Waals surface area contributed by atoms with Crippen LogP contribution in [0.1, 0.15) is 24.2 Å². The van der Waals surface area contributed by atoms with E-state index in [0.29, 0.717) is 6.42 Å². The lowest BCUT2D eigenvalue weighted by molar-refractivity contribution is 0.173. The minimum Gasteiger partial charge on any atom is -0.497 e. The van der Waals surface area contributed by atoms with Gasteiger partial charge < -0.3 is 20.5 Å². The molecule has 1 aromatic carbocycles. The van der Waals surface area contributed by atoms with Gasteiger partial charge >= 0.3 is 6.03 Å². The molecule has 0 bridgehead atoms. The molecular formula is C17H22N2O3S. The fraction of sp³-hybridized carbons (Fsp3) is 0.353. The van der Waals surface area contributed by atoms with Crippen molar-refractivity contribution in [2.75, 3.05) is 13.7 Å². The van der Waals surface area contributed by atoms with Crippen molar-refractivity contribution < 1.29 is 14.6 Å². The number of hydrogen-bond donors (Lipinski definition) is 3. The summed E-state index contributed by atoms with van der Waals surface area (Å²) in [6.07, 6.45) is 0.0261. The van der Waals surface area contributed by atoms with Crippen molar-refractivity contribution in [3.63, 3.8) is 0 Å². The molecule has 5 nitrogen and oxygen atoms in total. The molecule has 6 heteroatoms. The first kappa shape index (κ1) is 17.3. The maximum absolute atomic E-state index is 11.9. The number of methoxy groups -OCH3 is 1. The van der Waals surface area contributed by atoms with E-state index in [9.17, 15) is 9.90 Å². The van der Waals surface area contributed by atoms with Gasteiger partial charge in [-0.25, -0.2) is 4.79 Å². The molecule has 2 amide bonds. The standard InChI is InChI=1S/C17H22N2O3S/c1-12(8-13-4-3-5-15(9-13)22-2)19-17(21)18-10-16(20)14-6-7-23-11-14/h3-7,9,11-12,16,20H,8,10H2,1-2H3,(H2,18,19,21). The molecule has 0 radical (unpaired) electrons. The van der Waals surface area contributed by atoms with E-state index in [1.165, 1.54) is 11.3 Å². The average molecular weight is 334 g/mol. The summed E-state index contributed by atoms with van der Waals surface area (Å²) >= 11 is 1.52. The number of rotatable bonds is 7. The van der Waals surface area contributed by atoms with Crippen molar-refractivity contribution in [1.29, 1.82) is 0 Å². The smallest absolute Gasteiger partial charge is 0.315 e. The van der Waals surface area contributed by atoms with E-state index in [2.05, 4.69) is 10.6 Å². The van der Waals surface area contributed by atoms with Crippen LogP contribution in [0.25, 0.3) is 0 Å². The van der Waals surface area contributed by atoms with Gasteiger partial charge in [0, 0.05) is 12.6 Å². The van der Waals surface area contributed by atoms with Crippen molar-refractivity contribution >= 4 is 17.4 Å². The largest absolute Gasteiger partial charge is 0.497 e. The monoisotopic (exact) mass is 334 g/mol. The third-order valence-electron chi connectivity index (χ3n) is 3.44. The second kappa shape index (κ2) is 8.55. The summed E-state index contributed by atoms with van der Waals surface area (Å²) in [5, 5.41) is 19.3. The van der Waals surface area contributed by atoms with Crippen molar-refractivity contribution in [3.05, 3.63) is 52.2 Å². The normalized spacial score (nSPS) is 13.2. The van der Waals surface area contributed by atoms with E-state index in [1.807, 2.05) is 48.0 Å². The summed E-state index contributed by atoms with van der Waals surface area (Å²) in [5.41, 5.74) is 1.91. The number of aliphatic hydroxyl groups is 1. The Hall–Kier alpha value is -2.05. The molecule has 23 heavy (non-hydrogen) atoms. The van der Waals surface area contributed by atoms with Crippen molar-refractivity contribution in [2.24, 2.45) is 0 Å². The molecule has 0 aliphatic heterocycles. The highest BCUT2D eigenvalue weighted by Crippen LogP contribution is 2.15. The van der Waals surface area contributed by atoms with Crippen molar-refractivity contribution in [2.45, 2.75) is 25.5 Å². The Kier molecular flexibility index (Phi) is 6.43.